The summed E-state index contributed by atoms with van der Waals surface area (Å²) in [5.41, 5.74) is 1.94. The lowest BCUT2D eigenvalue weighted by Crippen LogP contribution is -2.42. The van der Waals surface area contributed by atoms with E-state index >= 15 is 0 Å². The molecule has 22 heavy (non-hydrogen) atoms. The lowest BCUT2D eigenvalue weighted by atomic mass is 10.1. The number of carbonyl (C=O) groups is 1. The highest BCUT2D eigenvalue weighted by molar-refractivity contribution is 8.01. The van der Waals surface area contributed by atoms with Crippen molar-refractivity contribution in [2.24, 2.45) is 0 Å². The largest absolute Gasteiger partial charge is 0.272 e. The number of thioether (sulfide) groups is 1. The minimum absolute atomic E-state index is 0.544. The number of sulfonamides is 1. The fraction of sp³-hybridized carbons (Fsp3) is 0.333. The third-order valence-corrected chi connectivity index (χ3v) is 4.87. The van der Waals surface area contributed by atoms with Crippen molar-refractivity contribution in [2.45, 2.75) is 30.4 Å². The minimum Gasteiger partial charge on any atom is -0.272 e. The molecule has 2 rings (SSSR count). The van der Waals surface area contributed by atoms with E-state index in [0.29, 0.717) is 0 Å². The zero-order valence-corrected chi connectivity index (χ0v) is 14.5. The maximum Gasteiger partial charge on any atom is 0.249 e. The first kappa shape index (κ1) is 16.8. The van der Waals surface area contributed by atoms with Crippen molar-refractivity contribution in [3.63, 3.8) is 0 Å². The van der Waals surface area contributed by atoms with Crippen LogP contribution in [0.15, 0.2) is 35.4 Å². The molecule has 5 nitrogen and oxygen atoms in total. The molecular weight excluding hydrogens is 320 g/mol. The molecule has 0 atom stereocenters. The van der Waals surface area contributed by atoms with Gasteiger partial charge in [-0.25, -0.2) is 8.42 Å². The SMILES string of the molecule is Cc1ccc2nccc(SC(C)(C)C(=O)NS(C)(=O)=O)c2c1. The van der Waals surface area contributed by atoms with Crippen LogP contribution in [0, 0.1) is 6.92 Å². The second-order valence-electron chi connectivity index (χ2n) is 5.65. The van der Waals surface area contributed by atoms with Gasteiger partial charge in [0.25, 0.3) is 0 Å². The summed E-state index contributed by atoms with van der Waals surface area (Å²) in [6.45, 7) is 5.38. The van der Waals surface area contributed by atoms with Crippen LogP contribution in [-0.2, 0) is 14.8 Å². The molecule has 7 heteroatoms. The number of amides is 1. The summed E-state index contributed by atoms with van der Waals surface area (Å²) in [4.78, 5) is 17.4. The third kappa shape index (κ3) is 3.98. The highest BCUT2D eigenvalue weighted by atomic mass is 32.2. The number of hydrogen-bond acceptors (Lipinski definition) is 5. The summed E-state index contributed by atoms with van der Waals surface area (Å²) in [6.07, 6.45) is 2.65. The van der Waals surface area contributed by atoms with Gasteiger partial charge >= 0.3 is 0 Å². The number of aromatic nitrogens is 1. The van der Waals surface area contributed by atoms with Gasteiger partial charge in [0, 0.05) is 16.5 Å². The van der Waals surface area contributed by atoms with E-state index in [2.05, 4.69) is 4.98 Å². The predicted molar refractivity (Wildman–Crippen MR) is 89.4 cm³/mol. The standard InChI is InChI=1S/C15H18N2O3S2/c1-10-5-6-12-11(9-10)13(7-8-16-12)21-15(2,3)14(18)17-22(4,19)20/h5-9H,1-4H3,(H,17,18). The fourth-order valence-corrected chi connectivity index (χ4v) is 3.69. The topological polar surface area (TPSA) is 76.1 Å². The van der Waals surface area contributed by atoms with Crippen LogP contribution >= 0.6 is 11.8 Å². The second kappa shape index (κ2) is 5.89. The molecule has 0 unspecified atom stereocenters. The first-order valence-corrected chi connectivity index (χ1v) is 9.36. The Balaban J connectivity index is 2.37. The average molecular weight is 338 g/mol. The predicted octanol–water partition coefficient (Wildman–Crippen LogP) is 2.49. The van der Waals surface area contributed by atoms with Gasteiger partial charge < -0.3 is 0 Å². The molecule has 1 amide bonds. The van der Waals surface area contributed by atoms with E-state index in [1.165, 1.54) is 11.8 Å². The lowest BCUT2D eigenvalue weighted by Gasteiger charge is -2.23. The Morgan fingerprint density at radius 2 is 1.95 bits per heavy atom. The van der Waals surface area contributed by atoms with Crippen molar-refractivity contribution in [2.75, 3.05) is 6.26 Å². The van der Waals surface area contributed by atoms with Gasteiger partial charge in [0.1, 0.15) is 0 Å². The van der Waals surface area contributed by atoms with Crippen LogP contribution in [-0.4, -0.2) is 30.3 Å². The van der Waals surface area contributed by atoms with Crippen LogP contribution < -0.4 is 4.72 Å². The summed E-state index contributed by atoms with van der Waals surface area (Å²) >= 11 is 1.32. The van der Waals surface area contributed by atoms with Gasteiger partial charge in [0.2, 0.25) is 15.9 Å². The second-order valence-corrected chi connectivity index (χ2v) is 9.06. The van der Waals surface area contributed by atoms with Gasteiger partial charge in [-0.3, -0.25) is 14.5 Å². The molecule has 2 aromatic rings. The smallest absolute Gasteiger partial charge is 0.249 e. The number of fused-ring (bicyclic) bond motifs is 1. The molecule has 118 valence electrons. The van der Waals surface area contributed by atoms with Gasteiger partial charge in [-0.05, 0) is 39.0 Å². The van der Waals surface area contributed by atoms with Crippen molar-refractivity contribution in [1.82, 2.24) is 9.71 Å². The lowest BCUT2D eigenvalue weighted by molar-refractivity contribution is -0.120. The van der Waals surface area contributed by atoms with E-state index in [4.69, 9.17) is 0 Å². The number of rotatable bonds is 4. The average Bonchev–Trinajstić information content (AvgIpc) is 2.37. The summed E-state index contributed by atoms with van der Waals surface area (Å²) < 4.78 is 23.6. The number of carbonyl (C=O) groups excluding carboxylic acids is 1. The Hall–Kier alpha value is -1.60. The zero-order chi connectivity index (χ0) is 16.5. The Bertz CT molecular complexity index is 830. The maximum atomic E-state index is 12.2. The summed E-state index contributed by atoms with van der Waals surface area (Å²) in [6, 6.07) is 7.75. The molecule has 1 aromatic carbocycles. The Kier molecular flexibility index (Phi) is 4.49. The highest BCUT2D eigenvalue weighted by Gasteiger charge is 2.31. The van der Waals surface area contributed by atoms with Crippen LogP contribution in [0.3, 0.4) is 0 Å². The Morgan fingerprint density at radius 3 is 2.59 bits per heavy atom. The van der Waals surface area contributed by atoms with Crippen LogP contribution in [0.5, 0.6) is 0 Å². The van der Waals surface area contributed by atoms with Crippen LogP contribution in [0.4, 0.5) is 0 Å². The van der Waals surface area contributed by atoms with E-state index in [0.717, 1.165) is 27.6 Å². The number of nitrogens with zero attached hydrogens (tertiary/aromatic N) is 1. The molecule has 0 aliphatic heterocycles. The molecule has 0 spiro atoms. The molecule has 0 radical (unpaired) electrons. The van der Waals surface area contributed by atoms with Gasteiger partial charge in [0.15, 0.2) is 0 Å². The Labute approximate surface area is 134 Å². The van der Waals surface area contributed by atoms with Crippen molar-refractivity contribution in [3.05, 3.63) is 36.0 Å². The first-order chi connectivity index (χ1) is 10.1. The summed E-state index contributed by atoms with van der Waals surface area (Å²) in [5.74, 6) is -0.544. The van der Waals surface area contributed by atoms with E-state index < -0.39 is 20.7 Å². The normalized spacial score (nSPS) is 12.4. The maximum absolute atomic E-state index is 12.2. The number of pyridine rings is 1. The molecule has 1 aromatic heterocycles. The van der Waals surface area contributed by atoms with Gasteiger partial charge in [-0.2, -0.15) is 0 Å². The summed E-state index contributed by atoms with van der Waals surface area (Å²) in [7, 11) is -3.57. The molecule has 0 saturated heterocycles. The monoisotopic (exact) mass is 338 g/mol. The van der Waals surface area contributed by atoms with Gasteiger partial charge in [-0.1, -0.05) is 11.6 Å². The molecule has 0 aliphatic rings. The van der Waals surface area contributed by atoms with Gasteiger partial charge in [0.05, 0.1) is 16.5 Å². The number of hydrogen-bond donors (Lipinski definition) is 1. The van der Waals surface area contributed by atoms with E-state index in [1.54, 1.807) is 20.0 Å². The zero-order valence-electron chi connectivity index (χ0n) is 12.9. The van der Waals surface area contributed by atoms with Crippen molar-refractivity contribution < 1.29 is 13.2 Å². The van der Waals surface area contributed by atoms with Crippen molar-refractivity contribution in [3.8, 4) is 0 Å². The van der Waals surface area contributed by atoms with Crippen LogP contribution in [0.2, 0.25) is 0 Å². The molecule has 0 fully saturated rings. The number of nitrogens with one attached hydrogen (secondary N) is 1. The fourth-order valence-electron chi connectivity index (χ4n) is 1.94. The third-order valence-electron chi connectivity index (χ3n) is 3.05. The quantitative estimate of drug-likeness (QED) is 0.867. The Morgan fingerprint density at radius 1 is 1.27 bits per heavy atom. The van der Waals surface area contributed by atoms with Crippen molar-refractivity contribution in [1.29, 1.82) is 0 Å². The molecule has 0 aliphatic carbocycles. The van der Waals surface area contributed by atoms with Crippen molar-refractivity contribution >= 4 is 38.6 Å². The molecule has 1 N–H and O–H groups in total. The number of benzene rings is 1. The molecule has 0 bridgehead atoms. The van der Waals surface area contributed by atoms with Crippen LogP contribution in [0.25, 0.3) is 10.9 Å². The molecule has 1 heterocycles. The first-order valence-electron chi connectivity index (χ1n) is 6.65. The van der Waals surface area contributed by atoms with Gasteiger partial charge in [-0.15, -0.1) is 11.8 Å². The molecule has 0 saturated carbocycles. The highest BCUT2D eigenvalue weighted by Crippen LogP contribution is 2.36. The molecular formula is C15H18N2O3S2. The minimum atomic E-state index is -3.57. The van der Waals surface area contributed by atoms with E-state index in [9.17, 15) is 13.2 Å². The summed E-state index contributed by atoms with van der Waals surface area (Å²) in [5, 5.41) is 0.952. The van der Waals surface area contributed by atoms with E-state index in [-0.39, 0.29) is 0 Å². The van der Waals surface area contributed by atoms with Crippen LogP contribution in [0.1, 0.15) is 19.4 Å². The van der Waals surface area contributed by atoms with E-state index in [1.807, 2.05) is 35.9 Å². The number of aryl methyl sites for hydroxylation is 1.